The number of unbranched alkanes of at least 4 members (excludes halogenated alkanes) is 34. The zero-order valence-electron chi connectivity index (χ0n) is 49.9. The lowest BCUT2D eigenvalue weighted by Gasteiger charge is -2.23. The molecule has 0 saturated carbocycles. The summed E-state index contributed by atoms with van der Waals surface area (Å²) in [6.45, 7) is 18.1. The Bertz CT molecular complexity index is 1040. The topological polar surface area (TPSA) is 135 Å². The second kappa shape index (κ2) is 60.0. The Morgan fingerprint density at radius 1 is 0.230 bits per heavy atom. The first-order chi connectivity index (χ1) is 36.4. The van der Waals surface area contributed by atoms with Gasteiger partial charge in [-0.05, 0) is 51.6 Å². The van der Waals surface area contributed by atoms with Gasteiger partial charge in [0.1, 0.15) is 0 Å². The van der Waals surface area contributed by atoms with Crippen molar-refractivity contribution in [1.29, 1.82) is 0 Å². The van der Waals surface area contributed by atoms with Gasteiger partial charge in [0.25, 0.3) is 0 Å². The molecule has 0 bridgehead atoms. The van der Waals surface area contributed by atoms with Gasteiger partial charge in [-0.1, -0.05) is 240 Å². The van der Waals surface area contributed by atoms with Gasteiger partial charge >= 0.3 is 0 Å². The van der Waals surface area contributed by atoms with Crippen molar-refractivity contribution in [2.75, 3.05) is 78.5 Å². The number of carbonyl (C=O) groups is 4. The highest BCUT2D eigenvalue weighted by Crippen LogP contribution is 2.13. The number of amides is 4. The van der Waals surface area contributed by atoms with Gasteiger partial charge in [-0.3, -0.25) is 19.2 Å². The average molecular weight is 1050 g/mol. The van der Waals surface area contributed by atoms with Gasteiger partial charge in [-0.15, -0.1) is 0 Å². The fourth-order valence-electron chi connectivity index (χ4n) is 9.84. The van der Waals surface area contributed by atoms with Crippen LogP contribution in [-0.2, 0) is 19.2 Å². The maximum absolute atomic E-state index is 12.9. The zero-order chi connectivity index (χ0) is 53.9. The third-order valence-electron chi connectivity index (χ3n) is 15.0. The number of carbonyl (C=O) groups excluding carboxylic acids is 4. The summed E-state index contributed by atoms with van der Waals surface area (Å²) < 4.78 is 0. The van der Waals surface area contributed by atoms with Crippen LogP contribution in [0, 0.1) is 0 Å². The summed E-state index contributed by atoms with van der Waals surface area (Å²) >= 11 is 0. The summed E-state index contributed by atoms with van der Waals surface area (Å²) in [5.41, 5.74) is 0. The van der Waals surface area contributed by atoms with Crippen LogP contribution in [0.1, 0.15) is 304 Å². The SMILES string of the molecule is CCCCCCCCCCCNC(=O)CCN(CCCCCNCCN(CCC(=O)NCCCCCCCCCCC)CCC(=O)NCCCCCCCCCCC)CCC(=O)NCCCCCCCCCCC. The Morgan fingerprint density at radius 3 is 0.716 bits per heavy atom. The van der Waals surface area contributed by atoms with Crippen LogP contribution in [0.25, 0.3) is 0 Å². The lowest BCUT2D eigenvalue weighted by Crippen LogP contribution is -2.38. The van der Waals surface area contributed by atoms with Crippen LogP contribution in [0.3, 0.4) is 0 Å². The van der Waals surface area contributed by atoms with Gasteiger partial charge in [0.05, 0.1) is 0 Å². The van der Waals surface area contributed by atoms with E-state index in [0.717, 1.165) is 97.3 Å². The number of nitrogens with zero attached hydrogens (tertiary/aromatic N) is 2. The lowest BCUT2D eigenvalue weighted by atomic mass is 10.1. The second-order valence-electron chi connectivity index (χ2n) is 22.2. The summed E-state index contributed by atoms with van der Waals surface area (Å²) in [6.07, 6.45) is 50.8. The van der Waals surface area contributed by atoms with Crippen LogP contribution in [0.2, 0.25) is 0 Å². The molecule has 0 rings (SSSR count). The molecule has 0 heterocycles. The maximum Gasteiger partial charge on any atom is 0.221 e. The van der Waals surface area contributed by atoms with Gasteiger partial charge in [0.2, 0.25) is 23.6 Å². The summed E-state index contributed by atoms with van der Waals surface area (Å²) in [5.74, 6) is 0.450. The third-order valence-corrected chi connectivity index (χ3v) is 15.0. The van der Waals surface area contributed by atoms with Crippen LogP contribution >= 0.6 is 0 Å². The van der Waals surface area contributed by atoms with Gasteiger partial charge in [-0.25, -0.2) is 0 Å². The summed E-state index contributed by atoms with van der Waals surface area (Å²) in [5, 5.41) is 16.3. The van der Waals surface area contributed by atoms with E-state index in [4.69, 9.17) is 0 Å². The molecule has 0 fully saturated rings. The van der Waals surface area contributed by atoms with E-state index in [1.165, 1.54) is 205 Å². The molecule has 0 spiro atoms. The first-order valence-electron chi connectivity index (χ1n) is 32.6. The Hall–Kier alpha value is -2.24. The Labute approximate surface area is 459 Å². The van der Waals surface area contributed by atoms with Gasteiger partial charge in [0.15, 0.2) is 0 Å². The molecule has 0 aliphatic carbocycles. The first-order valence-corrected chi connectivity index (χ1v) is 32.6. The molecule has 5 N–H and O–H groups in total. The predicted molar refractivity (Wildman–Crippen MR) is 319 cm³/mol. The minimum Gasteiger partial charge on any atom is -0.356 e. The van der Waals surface area contributed by atoms with E-state index in [1.807, 2.05) is 0 Å². The van der Waals surface area contributed by atoms with Crippen LogP contribution in [0.15, 0.2) is 0 Å². The van der Waals surface area contributed by atoms with E-state index >= 15 is 0 Å². The van der Waals surface area contributed by atoms with E-state index in [2.05, 4.69) is 64.1 Å². The molecule has 0 aromatic carbocycles. The molecule has 0 aliphatic rings. The molecule has 4 amide bonds. The Balaban J connectivity index is 4.86. The lowest BCUT2D eigenvalue weighted by molar-refractivity contribution is -0.123. The van der Waals surface area contributed by atoms with Crippen molar-refractivity contribution in [3.05, 3.63) is 0 Å². The van der Waals surface area contributed by atoms with E-state index in [0.29, 0.717) is 51.9 Å². The van der Waals surface area contributed by atoms with Crippen molar-refractivity contribution in [2.24, 2.45) is 0 Å². The molecule has 0 atom stereocenters. The molecule has 438 valence electrons. The summed E-state index contributed by atoms with van der Waals surface area (Å²) in [4.78, 5) is 56.0. The highest BCUT2D eigenvalue weighted by atomic mass is 16.2. The Morgan fingerprint density at radius 2 is 0.446 bits per heavy atom. The van der Waals surface area contributed by atoms with E-state index in [1.54, 1.807) is 0 Å². The van der Waals surface area contributed by atoms with Crippen LogP contribution in [-0.4, -0.2) is 112 Å². The normalized spacial score (nSPS) is 11.5. The zero-order valence-corrected chi connectivity index (χ0v) is 49.9. The molecule has 0 aliphatic heterocycles. The minimum absolute atomic E-state index is 0.107. The Kier molecular flexibility index (Phi) is 58.2. The standard InChI is InChI=1S/C63H127N7O4/c1-5-9-13-17-21-25-29-33-39-49-65-60(71)44-55-69(56-45-61(72)66-50-40-34-30-26-22-18-14-10-6-2)54-43-37-38-48-64-53-59-70(57-46-62(73)67-51-41-35-31-27-23-19-15-11-7-3)58-47-63(74)68-52-42-36-32-28-24-20-16-12-8-4/h64H,5-59H2,1-4H3,(H,65,71)(H,66,72)(H,67,73)(H,68,74). The molecular formula is C63H127N7O4. The highest BCUT2D eigenvalue weighted by molar-refractivity contribution is 5.77. The summed E-state index contributed by atoms with van der Waals surface area (Å²) in [7, 11) is 0. The number of hydrogen-bond acceptors (Lipinski definition) is 7. The number of rotatable bonds is 61. The van der Waals surface area contributed by atoms with Gasteiger partial charge in [-0.2, -0.15) is 0 Å². The van der Waals surface area contributed by atoms with E-state index in [-0.39, 0.29) is 23.6 Å². The van der Waals surface area contributed by atoms with Crippen LogP contribution in [0.4, 0.5) is 0 Å². The number of hydrogen-bond donors (Lipinski definition) is 5. The molecule has 11 nitrogen and oxygen atoms in total. The fraction of sp³-hybridized carbons (Fsp3) is 0.937. The van der Waals surface area contributed by atoms with E-state index in [9.17, 15) is 19.2 Å². The van der Waals surface area contributed by atoms with E-state index < -0.39 is 0 Å². The summed E-state index contributed by atoms with van der Waals surface area (Å²) in [6, 6.07) is 0. The maximum atomic E-state index is 12.9. The molecule has 0 aromatic heterocycles. The van der Waals surface area contributed by atoms with Crippen molar-refractivity contribution < 1.29 is 19.2 Å². The fourth-order valence-corrected chi connectivity index (χ4v) is 9.84. The molecular weight excluding hydrogens is 919 g/mol. The molecule has 11 heteroatoms. The van der Waals surface area contributed by atoms with Crippen LogP contribution in [0.5, 0.6) is 0 Å². The second-order valence-corrected chi connectivity index (χ2v) is 22.2. The van der Waals surface area contributed by atoms with Crippen molar-refractivity contribution in [2.45, 2.75) is 304 Å². The molecule has 0 unspecified atom stereocenters. The number of nitrogens with one attached hydrogen (secondary N) is 5. The molecule has 0 radical (unpaired) electrons. The monoisotopic (exact) mass is 1050 g/mol. The minimum atomic E-state index is 0.107. The largest absolute Gasteiger partial charge is 0.356 e. The van der Waals surface area contributed by atoms with Gasteiger partial charge < -0.3 is 36.4 Å². The highest BCUT2D eigenvalue weighted by Gasteiger charge is 2.13. The predicted octanol–water partition coefficient (Wildman–Crippen LogP) is 14.5. The average Bonchev–Trinajstić information content (AvgIpc) is 3.40. The smallest absolute Gasteiger partial charge is 0.221 e. The quantitative estimate of drug-likeness (QED) is 0.0383. The van der Waals surface area contributed by atoms with Crippen molar-refractivity contribution in [3.8, 4) is 0 Å². The van der Waals surface area contributed by atoms with Gasteiger partial charge in [0, 0.05) is 91.1 Å². The molecule has 0 saturated heterocycles. The first kappa shape index (κ1) is 71.8. The van der Waals surface area contributed by atoms with Crippen molar-refractivity contribution in [3.63, 3.8) is 0 Å². The molecule has 0 aromatic rings. The van der Waals surface area contributed by atoms with Crippen LogP contribution < -0.4 is 26.6 Å². The van der Waals surface area contributed by atoms with Crippen molar-refractivity contribution >= 4 is 23.6 Å². The third kappa shape index (κ3) is 56.0. The molecule has 74 heavy (non-hydrogen) atoms. The van der Waals surface area contributed by atoms with Crippen molar-refractivity contribution in [1.82, 2.24) is 36.4 Å².